The molecule has 1 aliphatic rings. The molecular weight excluding hydrogens is 326 g/mol. The molecule has 2 atom stereocenters. The number of nitrogens with one attached hydrogen (secondary N) is 2. The van der Waals surface area contributed by atoms with Crippen LogP contribution in [-0.2, 0) is 6.54 Å². The quantitative estimate of drug-likeness (QED) is 0.833. The van der Waals surface area contributed by atoms with Crippen molar-refractivity contribution in [1.82, 2.24) is 20.5 Å². The number of amides is 2. The van der Waals surface area contributed by atoms with Crippen LogP contribution in [0.4, 0.5) is 10.6 Å². The molecule has 0 radical (unpaired) electrons. The van der Waals surface area contributed by atoms with Crippen LogP contribution in [0.15, 0.2) is 54.7 Å². The normalized spacial score (nSPS) is 19.6. The lowest BCUT2D eigenvalue weighted by atomic mass is 10.0. The fraction of sp³-hybridized carbons (Fsp3) is 0.400. The molecule has 0 aliphatic carbocycles. The maximum atomic E-state index is 12.4. The highest BCUT2D eigenvalue weighted by atomic mass is 16.2. The van der Waals surface area contributed by atoms with Crippen molar-refractivity contribution in [3.63, 3.8) is 0 Å². The van der Waals surface area contributed by atoms with E-state index in [9.17, 15) is 4.79 Å². The second-order valence-corrected chi connectivity index (χ2v) is 7.03. The van der Waals surface area contributed by atoms with Gasteiger partial charge in [0.1, 0.15) is 5.82 Å². The summed E-state index contributed by atoms with van der Waals surface area (Å²) in [6.07, 6.45) is 1.81. The van der Waals surface area contributed by atoms with Gasteiger partial charge in [0, 0.05) is 38.3 Å². The summed E-state index contributed by atoms with van der Waals surface area (Å²) in [5, 5.41) is 6.11. The molecule has 0 unspecified atom stereocenters. The highest BCUT2D eigenvalue weighted by Crippen LogP contribution is 2.22. The number of nitrogens with zero attached hydrogens (tertiary/aromatic N) is 3. The van der Waals surface area contributed by atoms with Crippen molar-refractivity contribution in [3.8, 4) is 0 Å². The largest absolute Gasteiger partial charge is 0.354 e. The Balaban J connectivity index is 1.59. The number of hydrogen-bond donors (Lipinski definition) is 2. The maximum Gasteiger partial charge on any atom is 0.315 e. The second kappa shape index (κ2) is 8.67. The predicted octanol–water partition coefficient (Wildman–Crippen LogP) is 1.95. The van der Waals surface area contributed by atoms with Crippen molar-refractivity contribution in [2.45, 2.75) is 12.6 Å². The Labute approximate surface area is 155 Å². The van der Waals surface area contributed by atoms with E-state index in [2.05, 4.69) is 39.5 Å². The molecule has 1 saturated heterocycles. The van der Waals surface area contributed by atoms with Gasteiger partial charge in [-0.3, -0.25) is 0 Å². The lowest BCUT2D eigenvalue weighted by molar-refractivity contribution is 0.230. The molecule has 2 aromatic rings. The first kappa shape index (κ1) is 18.2. The molecule has 0 spiro atoms. The Kier molecular flexibility index (Phi) is 6.07. The standard InChI is InChI=1S/C20H27N5O/c1-24(2)13-17-14-25(19-10-6-7-11-21-19)15-18(17)23-20(26)22-12-16-8-4-3-5-9-16/h3-11,17-18H,12-15H2,1-2H3,(H2,22,23,26)/t17-,18-/m1/s1. The number of pyridine rings is 1. The molecule has 0 bridgehead atoms. The fourth-order valence-corrected chi connectivity index (χ4v) is 3.41. The molecule has 2 amide bonds. The molecule has 0 saturated carbocycles. The lowest BCUT2D eigenvalue weighted by Gasteiger charge is -2.22. The monoisotopic (exact) mass is 353 g/mol. The number of carbonyl (C=O) groups excluding carboxylic acids is 1. The van der Waals surface area contributed by atoms with Crippen LogP contribution in [0.5, 0.6) is 0 Å². The maximum absolute atomic E-state index is 12.4. The van der Waals surface area contributed by atoms with E-state index in [-0.39, 0.29) is 12.1 Å². The van der Waals surface area contributed by atoms with Crippen molar-refractivity contribution >= 4 is 11.8 Å². The number of carbonyl (C=O) groups is 1. The van der Waals surface area contributed by atoms with Crippen molar-refractivity contribution in [2.75, 3.05) is 38.6 Å². The number of benzene rings is 1. The third-order valence-electron chi connectivity index (χ3n) is 4.63. The molecule has 2 N–H and O–H groups in total. The van der Waals surface area contributed by atoms with E-state index in [4.69, 9.17) is 0 Å². The van der Waals surface area contributed by atoms with Gasteiger partial charge in [-0.1, -0.05) is 36.4 Å². The summed E-state index contributed by atoms with van der Waals surface area (Å²) >= 11 is 0. The number of anilines is 1. The van der Waals surface area contributed by atoms with E-state index in [1.807, 2.05) is 54.7 Å². The van der Waals surface area contributed by atoms with E-state index in [0.29, 0.717) is 12.5 Å². The van der Waals surface area contributed by atoms with Gasteiger partial charge >= 0.3 is 6.03 Å². The minimum atomic E-state index is -0.120. The molecule has 1 aliphatic heterocycles. The Morgan fingerprint density at radius 1 is 1.15 bits per heavy atom. The topological polar surface area (TPSA) is 60.5 Å². The molecule has 3 rings (SSSR count). The third-order valence-corrected chi connectivity index (χ3v) is 4.63. The molecule has 6 nitrogen and oxygen atoms in total. The minimum Gasteiger partial charge on any atom is -0.354 e. The van der Waals surface area contributed by atoms with E-state index < -0.39 is 0 Å². The van der Waals surface area contributed by atoms with Gasteiger partial charge in [-0.15, -0.1) is 0 Å². The Bertz CT molecular complexity index is 692. The van der Waals surface area contributed by atoms with Crippen LogP contribution in [0.3, 0.4) is 0 Å². The SMILES string of the molecule is CN(C)C[C@@H]1CN(c2ccccn2)C[C@H]1NC(=O)NCc1ccccc1. The number of aromatic nitrogens is 1. The van der Waals surface area contributed by atoms with Gasteiger partial charge in [0.2, 0.25) is 0 Å². The third kappa shape index (κ3) is 4.95. The van der Waals surface area contributed by atoms with Gasteiger partial charge in [-0.25, -0.2) is 9.78 Å². The smallest absolute Gasteiger partial charge is 0.315 e. The van der Waals surface area contributed by atoms with Crippen LogP contribution in [0.1, 0.15) is 5.56 Å². The zero-order chi connectivity index (χ0) is 18.4. The van der Waals surface area contributed by atoms with Gasteiger partial charge < -0.3 is 20.4 Å². The van der Waals surface area contributed by atoms with Crippen LogP contribution in [-0.4, -0.2) is 55.7 Å². The zero-order valence-corrected chi connectivity index (χ0v) is 15.4. The predicted molar refractivity (Wildman–Crippen MR) is 104 cm³/mol. The average Bonchev–Trinajstić information content (AvgIpc) is 3.03. The molecule has 1 aromatic carbocycles. The first-order chi connectivity index (χ1) is 12.6. The van der Waals surface area contributed by atoms with E-state index in [1.165, 1.54) is 0 Å². The molecule has 6 heteroatoms. The fourth-order valence-electron chi connectivity index (χ4n) is 3.41. The number of hydrogen-bond acceptors (Lipinski definition) is 4. The Hall–Kier alpha value is -2.60. The van der Waals surface area contributed by atoms with Crippen molar-refractivity contribution in [2.24, 2.45) is 5.92 Å². The Morgan fingerprint density at radius 3 is 2.62 bits per heavy atom. The van der Waals surface area contributed by atoms with Crippen LogP contribution >= 0.6 is 0 Å². The highest BCUT2D eigenvalue weighted by molar-refractivity contribution is 5.74. The summed E-state index contributed by atoms with van der Waals surface area (Å²) in [7, 11) is 4.13. The second-order valence-electron chi connectivity index (χ2n) is 7.03. The Morgan fingerprint density at radius 2 is 1.92 bits per heavy atom. The van der Waals surface area contributed by atoms with Gasteiger partial charge in [-0.2, -0.15) is 0 Å². The summed E-state index contributed by atoms with van der Waals surface area (Å²) in [4.78, 5) is 21.2. The van der Waals surface area contributed by atoms with Crippen molar-refractivity contribution in [3.05, 3.63) is 60.3 Å². The van der Waals surface area contributed by atoms with E-state index in [0.717, 1.165) is 31.0 Å². The van der Waals surface area contributed by atoms with Crippen LogP contribution in [0.2, 0.25) is 0 Å². The molecule has 138 valence electrons. The summed E-state index contributed by atoms with van der Waals surface area (Å²) < 4.78 is 0. The molecule has 1 aromatic heterocycles. The molecule has 2 heterocycles. The minimum absolute atomic E-state index is 0.0928. The first-order valence-electron chi connectivity index (χ1n) is 9.01. The molecule has 26 heavy (non-hydrogen) atoms. The van der Waals surface area contributed by atoms with E-state index in [1.54, 1.807) is 0 Å². The van der Waals surface area contributed by atoms with E-state index >= 15 is 0 Å². The van der Waals surface area contributed by atoms with Gasteiger partial charge in [-0.05, 0) is 31.8 Å². The number of rotatable bonds is 6. The van der Waals surface area contributed by atoms with Crippen molar-refractivity contribution in [1.29, 1.82) is 0 Å². The highest BCUT2D eigenvalue weighted by Gasteiger charge is 2.34. The van der Waals surface area contributed by atoms with Gasteiger partial charge in [0.15, 0.2) is 0 Å². The summed E-state index contributed by atoms with van der Waals surface area (Å²) in [6.45, 7) is 3.11. The summed E-state index contributed by atoms with van der Waals surface area (Å²) in [6, 6.07) is 15.8. The zero-order valence-electron chi connectivity index (χ0n) is 15.4. The molecular formula is C20H27N5O. The summed E-state index contributed by atoms with van der Waals surface area (Å²) in [5.41, 5.74) is 1.09. The van der Waals surface area contributed by atoms with Gasteiger partial charge in [0.05, 0.1) is 6.04 Å². The van der Waals surface area contributed by atoms with Gasteiger partial charge in [0.25, 0.3) is 0 Å². The lowest BCUT2D eigenvalue weighted by Crippen LogP contribution is -2.47. The molecule has 1 fully saturated rings. The van der Waals surface area contributed by atoms with Crippen LogP contribution in [0, 0.1) is 5.92 Å². The van der Waals surface area contributed by atoms with Crippen molar-refractivity contribution < 1.29 is 4.79 Å². The van der Waals surface area contributed by atoms with Crippen LogP contribution < -0.4 is 15.5 Å². The first-order valence-corrected chi connectivity index (χ1v) is 9.01. The summed E-state index contributed by atoms with van der Waals surface area (Å²) in [5.74, 6) is 1.32. The number of urea groups is 1. The average molecular weight is 353 g/mol. The van der Waals surface area contributed by atoms with Crippen LogP contribution in [0.25, 0.3) is 0 Å².